The average Bonchev–Trinajstić information content (AvgIpc) is 1.89. The second kappa shape index (κ2) is 12.5. The van der Waals surface area contributed by atoms with Gasteiger partial charge in [0, 0.05) is 26.2 Å². The third-order valence-electron chi connectivity index (χ3n) is 1.34. The minimum absolute atomic E-state index is 0. The molecular weight excluding hydrogens is 201 g/mol. The van der Waals surface area contributed by atoms with Gasteiger partial charge >= 0.3 is 0 Å². The van der Waals surface area contributed by atoms with E-state index in [2.05, 4.69) is 19.2 Å². The Morgan fingerprint density at radius 1 is 0.900 bits per heavy atom. The predicted molar refractivity (Wildman–Crippen MR) is 42.9 cm³/mol. The summed E-state index contributed by atoms with van der Waals surface area (Å²) in [5.41, 5.74) is 0. The Hall–Kier alpha value is 0.843. The molecule has 0 saturated heterocycles. The van der Waals surface area contributed by atoms with Gasteiger partial charge in [0.15, 0.2) is 0 Å². The molecule has 1 nitrogen and oxygen atoms in total. The second-order valence-electron chi connectivity index (χ2n) is 2.38. The van der Waals surface area contributed by atoms with Gasteiger partial charge in [0.2, 0.25) is 0 Å². The predicted octanol–water partition coefficient (Wildman–Crippen LogP) is 2.96. The normalized spacial score (nSPS) is 9.00. The van der Waals surface area contributed by atoms with Crippen LogP contribution in [0.4, 0.5) is 0 Å². The molecule has 60 valence electrons. The summed E-state index contributed by atoms with van der Waals surface area (Å²) in [6, 6.07) is 0. The van der Waals surface area contributed by atoms with Gasteiger partial charge in [0.05, 0.1) is 0 Å². The smallest absolute Gasteiger partial charge is 0 e. The first-order valence-corrected chi connectivity index (χ1v) is 4.05. The van der Waals surface area contributed by atoms with Crippen molar-refractivity contribution in [1.29, 1.82) is 0 Å². The fourth-order valence-corrected chi connectivity index (χ4v) is 0.652. The van der Waals surface area contributed by atoms with Crippen LogP contribution in [0.25, 0.3) is 5.32 Å². The maximum Gasteiger partial charge on any atom is 0 e. The van der Waals surface area contributed by atoms with Gasteiger partial charge in [-0.3, -0.25) is 0 Å². The molecule has 0 bridgehead atoms. The Labute approximate surface area is 84.1 Å². The quantitative estimate of drug-likeness (QED) is 0.610. The van der Waals surface area contributed by atoms with Crippen molar-refractivity contribution in [3.05, 3.63) is 5.32 Å². The van der Waals surface area contributed by atoms with Crippen LogP contribution >= 0.6 is 0 Å². The van der Waals surface area contributed by atoms with Crippen LogP contribution in [-0.2, 0) is 26.2 Å². The summed E-state index contributed by atoms with van der Waals surface area (Å²) in [7, 11) is 0. The topological polar surface area (TPSA) is 14.1 Å². The molecular formula is C8H18NZr-. The molecule has 0 aliphatic rings. The van der Waals surface area contributed by atoms with Crippen molar-refractivity contribution < 1.29 is 26.2 Å². The summed E-state index contributed by atoms with van der Waals surface area (Å²) >= 11 is 0. The van der Waals surface area contributed by atoms with Gasteiger partial charge in [-0.1, -0.05) is 39.5 Å². The number of hydrogen-bond acceptors (Lipinski definition) is 0. The first kappa shape index (κ1) is 13.4. The standard InChI is InChI=1S/C8H18N.Zr/c1-3-5-7-9-8-6-4-2;/h3-8H2,1-2H3;/q-1;. The molecule has 0 amide bonds. The molecule has 0 aliphatic carbocycles. The van der Waals surface area contributed by atoms with Crippen molar-refractivity contribution in [1.82, 2.24) is 0 Å². The first-order chi connectivity index (χ1) is 4.41. The molecule has 0 fully saturated rings. The number of hydrogen-bond donors (Lipinski definition) is 0. The van der Waals surface area contributed by atoms with Gasteiger partial charge in [-0.2, -0.15) is 0 Å². The number of nitrogens with zero attached hydrogens (tertiary/aromatic N) is 1. The molecule has 0 radical (unpaired) electrons. The monoisotopic (exact) mass is 218 g/mol. The van der Waals surface area contributed by atoms with E-state index >= 15 is 0 Å². The van der Waals surface area contributed by atoms with E-state index in [-0.39, 0.29) is 26.2 Å². The van der Waals surface area contributed by atoms with E-state index in [0.29, 0.717) is 0 Å². The second-order valence-corrected chi connectivity index (χ2v) is 2.38. The van der Waals surface area contributed by atoms with E-state index in [1.165, 1.54) is 25.7 Å². The number of rotatable bonds is 6. The van der Waals surface area contributed by atoms with Crippen LogP contribution in [0, 0.1) is 0 Å². The molecule has 0 spiro atoms. The van der Waals surface area contributed by atoms with Gasteiger partial charge in [-0.25, -0.2) is 0 Å². The van der Waals surface area contributed by atoms with Crippen molar-refractivity contribution in [2.45, 2.75) is 39.5 Å². The Balaban J connectivity index is 0. The maximum absolute atomic E-state index is 4.35. The molecule has 0 N–H and O–H groups in total. The Bertz CT molecular complexity index is 42.5. The minimum Gasteiger partial charge on any atom is -0.662 e. The van der Waals surface area contributed by atoms with Crippen molar-refractivity contribution in [3.8, 4) is 0 Å². The van der Waals surface area contributed by atoms with Gasteiger partial charge in [-0.05, 0) is 0 Å². The molecule has 2 heteroatoms. The van der Waals surface area contributed by atoms with Crippen LogP contribution in [0.5, 0.6) is 0 Å². The van der Waals surface area contributed by atoms with Crippen LogP contribution in [0.3, 0.4) is 0 Å². The van der Waals surface area contributed by atoms with Gasteiger partial charge < -0.3 is 5.32 Å². The molecule has 0 saturated carbocycles. The van der Waals surface area contributed by atoms with Crippen LogP contribution in [0.2, 0.25) is 0 Å². The zero-order chi connectivity index (χ0) is 6.95. The molecule has 0 rings (SSSR count). The maximum atomic E-state index is 4.35. The molecule has 0 heterocycles. The molecule has 0 aliphatic heterocycles. The van der Waals surface area contributed by atoms with Gasteiger partial charge in [-0.15, -0.1) is 13.1 Å². The van der Waals surface area contributed by atoms with E-state index in [4.69, 9.17) is 0 Å². The Morgan fingerprint density at radius 3 is 1.60 bits per heavy atom. The molecule has 0 aromatic rings. The van der Waals surface area contributed by atoms with Crippen LogP contribution in [0.15, 0.2) is 0 Å². The molecule has 0 aromatic carbocycles. The van der Waals surface area contributed by atoms with Crippen LogP contribution in [-0.4, -0.2) is 13.1 Å². The van der Waals surface area contributed by atoms with Crippen molar-refractivity contribution in [2.75, 3.05) is 13.1 Å². The van der Waals surface area contributed by atoms with E-state index in [0.717, 1.165) is 13.1 Å². The first-order valence-electron chi connectivity index (χ1n) is 4.05. The summed E-state index contributed by atoms with van der Waals surface area (Å²) in [6.45, 7) is 6.57. The van der Waals surface area contributed by atoms with Crippen molar-refractivity contribution in [2.24, 2.45) is 0 Å². The fraction of sp³-hybridized carbons (Fsp3) is 1.00. The minimum atomic E-state index is 0. The summed E-state index contributed by atoms with van der Waals surface area (Å²) in [6.07, 6.45) is 5.08. The molecule has 0 aromatic heterocycles. The Kier molecular flexibility index (Phi) is 16.8. The summed E-state index contributed by atoms with van der Waals surface area (Å²) in [5.74, 6) is 0. The van der Waals surface area contributed by atoms with E-state index in [1.54, 1.807) is 0 Å². The summed E-state index contributed by atoms with van der Waals surface area (Å²) < 4.78 is 0. The average molecular weight is 219 g/mol. The SMILES string of the molecule is CCCC[N-]CCCC.[Zr]. The summed E-state index contributed by atoms with van der Waals surface area (Å²) in [5, 5.41) is 4.35. The van der Waals surface area contributed by atoms with E-state index < -0.39 is 0 Å². The largest absolute Gasteiger partial charge is 0.662 e. The van der Waals surface area contributed by atoms with Gasteiger partial charge in [0.25, 0.3) is 0 Å². The molecule has 0 atom stereocenters. The van der Waals surface area contributed by atoms with Crippen molar-refractivity contribution >= 4 is 0 Å². The number of unbranched alkanes of at least 4 members (excludes halogenated alkanes) is 2. The molecule has 0 unspecified atom stereocenters. The van der Waals surface area contributed by atoms with Gasteiger partial charge in [0.1, 0.15) is 0 Å². The van der Waals surface area contributed by atoms with Crippen LogP contribution in [0.1, 0.15) is 39.5 Å². The zero-order valence-electron chi connectivity index (χ0n) is 7.19. The zero-order valence-corrected chi connectivity index (χ0v) is 9.65. The molecule has 10 heavy (non-hydrogen) atoms. The fourth-order valence-electron chi connectivity index (χ4n) is 0.652. The van der Waals surface area contributed by atoms with E-state index in [9.17, 15) is 0 Å². The Morgan fingerprint density at radius 2 is 1.30 bits per heavy atom. The van der Waals surface area contributed by atoms with Crippen molar-refractivity contribution in [3.63, 3.8) is 0 Å². The third kappa shape index (κ3) is 11.6. The van der Waals surface area contributed by atoms with Crippen LogP contribution < -0.4 is 0 Å². The third-order valence-corrected chi connectivity index (χ3v) is 1.34. The summed E-state index contributed by atoms with van der Waals surface area (Å²) in [4.78, 5) is 0. The van der Waals surface area contributed by atoms with E-state index in [1.807, 2.05) is 0 Å².